The van der Waals surface area contributed by atoms with Crippen LogP contribution in [0.4, 0.5) is 13.2 Å². The van der Waals surface area contributed by atoms with Gasteiger partial charge in [0.1, 0.15) is 0 Å². The van der Waals surface area contributed by atoms with Crippen LogP contribution in [-0.2, 0) is 21.0 Å². The molecular formula is C13H13F3INO4S. The molecule has 0 spiro atoms. The number of sulfonamides is 1. The number of nitrogens with zero attached hydrogens (tertiary/aromatic N) is 1. The monoisotopic (exact) mass is 463 g/mol. The summed E-state index contributed by atoms with van der Waals surface area (Å²) in [5.74, 6) is -1.33. The Balaban J connectivity index is 2.51. The zero-order valence-corrected chi connectivity index (χ0v) is 14.7. The van der Waals surface area contributed by atoms with E-state index in [1.165, 1.54) is 0 Å². The summed E-state index contributed by atoms with van der Waals surface area (Å²) < 4.78 is 62.8. The van der Waals surface area contributed by atoms with Gasteiger partial charge in [-0.2, -0.15) is 17.5 Å². The lowest BCUT2D eigenvalue weighted by molar-refractivity contribution is -0.143. The van der Waals surface area contributed by atoms with E-state index in [1.54, 1.807) is 22.6 Å². The fourth-order valence-corrected chi connectivity index (χ4v) is 5.50. The zero-order chi connectivity index (χ0) is 17.5. The molecule has 0 saturated carbocycles. The Morgan fingerprint density at radius 1 is 1.30 bits per heavy atom. The van der Waals surface area contributed by atoms with E-state index in [2.05, 4.69) is 0 Å². The summed E-state index contributed by atoms with van der Waals surface area (Å²) in [7, 11) is -4.35. The van der Waals surface area contributed by atoms with Gasteiger partial charge in [-0.15, -0.1) is 0 Å². The maximum Gasteiger partial charge on any atom is 0.416 e. The molecule has 1 atom stereocenters. The molecule has 128 valence electrons. The molecule has 1 fully saturated rings. The van der Waals surface area contributed by atoms with Crippen LogP contribution in [0.3, 0.4) is 0 Å². The van der Waals surface area contributed by atoms with Crippen molar-refractivity contribution in [2.24, 2.45) is 0 Å². The quantitative estimate of drug-likeness (QED) is 0.425. The molecule has 1 aliphatic heterocycles. The van der Waals surface area contributed by atoms with Crippen molar-refractivity contribution in [1.82, 2.24) is 4.31 Å². The van der Waals surface area contributed by atoms with E-state index >= 15 is 0 Å². The highest BCUT2D eigenvalue weighted by Crippen LogP contribution is 2.39. The van der Waals surface area contributed by atoms with Gasteiger partial charge in [0.25, 0.3) is 0 Å². The molecule has 1 unspecified atom stereocenters. The molecule has 0 aliphatic carbocycles. The Bertz CT molecular complexity index is 722. The number of hydrogen-bond acceptors (Lipinski definition) is 3. The SMILES string of the molecule is O=C(O)C1(I)CCCCN1S(=O)(=O)c1cccc(C(F)(F)F)c1. The summed E-state index contributed by atoms with van der Waals surface area (Å²) in [6.07, 6.45) is -3.59. The molecule has 0 radical (unpaired) electrons. The number of alkyl halides is 4. The normalized spacial score (nSPS) is 23.7. The average molecular weight is 463 g/mol. The van der Waals surface area contributed by atoms with E-state index in [1.807, 2.05) is 0 Å². The Kier molecular flexibility index (Phi) is 4.98. The van der Waals surface area contributed by atoms with Gasteiger partial charge in [0.2, 0.25) is 10.0 Å². The highest BCUT2D eigenvalue weighted by molar-refractivity contribution is 14.1. The van der Waals surface area contributed by atoms with E-state index in [4.69, 9.17) is 0 Å². The number of carboxylic acids is 1. The number of aliphatic carboxylic acids is 1. The summed E-state index contributed by atoms with van der Waals surface area (Å²) in [5, 5.41) is 9.37. The Morgan fingerprint density at radius 2 is 1.96 bits per heavy atom. The standard InChI is InChI=1S/C13H13F3INO4S/c14-13(15,16)9-4-3-5-10(8-9)23(21,22)18-7-2-1-6-12(18,17)11(19)20/h3-5,8H,1-2,6-7H2,(H,19,20). The van der Waals surface area contributed by atoms with Crippen molar-refractivity contribution in [2.45, 2.75) is 33.9 Å². The fourth-order valence-electron chi connectivity index (χ4n) is 2.40. The molecule has 1 heterocycles. The third kappa shape index (κ3) is 3.48. The van der Waals surface area contributed by atoms with Crippen LogP contribution < -0.4 is 0 Å². The van der Waals surface area contributed by atoms with E-state index in [0.717, 1.165) is 22.5 Å². The van der Waals surface area contributed by atoms with Crippen LogP contribution in [0, 0.1) is 0 Å². The minimum atomic E-state index is -4.68. The summed E-state index contributed by atoms with van der Waals surface area (Å²) in [6.45, 7) is -0.0478. The summed E-state index contributed by atoms with van der Waals surface area (Å²) in [4.78, 5) is 10.9. The van der Waals surface area contributed by atoms with Crippen molar-refractivity contribution >= 4 is 38.6 Å². The fraction of sp³-hybridized carbons (Fsp3) is 0.462. The first-order valence-corrected chi connectivity index (χ1v) is 9.14. The number of piperidine rings is 1. The van der Waals surface area contributed by atoms with Crippen molar-refractivity contribution in [3.05, 3.63) is 29.8 Å². The zero-order valence-electron chi connectivity index (χ0n) is 11.7. The van der Waals surface area contributed by atoms with Gasteiger partial charge in [-0.3, -0.25) is 0 Å². The molecule has 0 bridgehead atoms. The van der Waals surface area contributed by atoms with Crippen molar-refractivity contribution in [3.8, 4) is 0 Å². The molecule has 1 aromatic rings. The van der Waals surface area contributed by atoms with Gasteiger partial charge in [-0.1, -0.05) is 6.07 Å². The maximum atomic E-state index is 12.8. The van der Waals surface area contributed by atoms with Crippen LogP contribution in [0.25, 0.3) is 0 Å². The van der Waals surface area contributed by atoms with Crippen LogP contribution in [0.2, 0.25) is 0 Å². The molecule has 1 aromatic carbocycles. The first kappa shape index (κ1) is 18.5. The van der Waals surface area contributed by atoms with Gasteiger partial charge >= 0.3 is 12.1 Å². The molecule has 2 rings (SSSR count). The van der Waals surface area contributed by atoms with Gasteiger partial charge in [-0.25, -0.2) is 13.2 Å². The predicted molar refractivity (Wildman–Crippen MR) is 83.6 cm³/mol. The molecule has 1 aliphatic rings. The maximum absolute atomic E-state index is 12.8. The minimum Gasteiger partial charge on any atom is -0.479 e. The van der Waals surface area contributed by atoms with Crippen LogP contribution in [-0.4, -0.2) is 33.9 Å². The number of rotatable bonds is 3. The number of hydrogen-bond donors (Lipinski definition) is 1. The van der Waals surface area contributed by atoms with E-state index < -0.39 is 36.2 Å². The van der Waals surface area contributed by atoms with E-state index in [-0.39, 0.29) is 13.0 Å². The summed E-state index contributed by atoms with van der Waals surface area (Å²) >= 11 is 1.54. The molecule has 23 heavy (non-hydrogen) atoms. The second-order valence-corrected chi connectivity index (χ2v) is 8.77. The van der Waals surface area contributed by atoms with Crippen LogP contribution in [0.5, 0.6) is 0 Å². The Morgan fingerprint density at radius 3 is 2.52 bits per heavy atom. The molecule has 1 saturated heterocycles. The number of halogens is 4. The van der Waals surface area contributed by atoms with Crippen molar-refractivity contribution in [3.63, 3.8) is 0 Å². The Labute approximate surface area is 144 Å². The number of benzene rings is 1. The van der Waals surface area contributed by atoms with Crippen LogP contribution >= 0.6 is 22.6 Å². The van der Waals surface area contributed by atoms with Gasteiger partial charge in [0.15, 0.2) is 3.55 Å². The highest BCUT2D eigenvalue weighted by atomic mass is 127. The first-order chi connectivity index (χ1) is 10.5. The third-order valence-corrected chi connectivity index (χ3v) is 7.43. The lowest BCUT2D eigenvalue weighted by Gasteiger charge is -2.38. The third-order valence-electron chi connectivity index (χ3n) is 3.59. The second-order valence-electron chi connectivity index (χ2n) is 5.12. The van der Waals surface area contributed by atoms with Crippen molar-refractivity contribution in [1.29, 1.82) is 0 Å². The van der Waals surface area contributed by atoms with Gasteiger partial charge in [0.05, 0.1) is 10.5 Å². The van der Waals surface area contributed by atoms with Crippen LogP contribution in [0.15, 0.2) is 29.2 Å². The topological polar surface area (TPSA) is 74.7 Å². The van der Waals surface area contributed by atoms with Gasteiger partial charge in [-0.05, 0) is 60.1 Å². The first-order valence-electron chi connectivity index (χ1n) is 6.62. The largest absolute Gasteiger partial charge is 0.479 e. The average Bonchev–Trinajstić information content (AvgIpc) is 2.46. The summed E-state index contributed by atoms with van der Waals surface area (Å²) in [5.41, 5.74) is -1.09. The predicted octanol–water partition coefficient (Wildman–Crippen LogP) is 3.10. The highest BCUT2D eigenvalue weighted by Gasteiger charge is 2.49. The smallest absolute Gasteiger partial charge is 0.416 e. The van der Waals surface area contributed by atoms with Crippen molar-refractivity contribution in [2.75, 3.05) is 6.54 Å². The lowest BCUT2D eigenvalue weighted by Crippen LogP contribution is -2.55. The van der Waals surface area contributed by atoms with E-state index in [9.17, 15) is 31.5 Å². The Hall–Kier alpha value is -0.880. The molecule has 1 N–H and O–H groups in total. The number of carboxylic acid groups (broad SMARTS) is 1. The van der Waals surface area contributed by atoms with Gasteiger partial charge < -0.3 is 5.11 Å². The molecular weight excluding hydrogens is 450 g/mol. The molecule has 0 aromatic heterocycles. The van der Waals surface area contributed by atoms with Crippen molar-refractivity contribution < 1.29 is 31.5 Å². The second kappa shape index (κ2) is 6.20. The van der Waals surface area contributed by atoms with Crippen LogP contribution in [0.1, 0.15) is 24.8 Å². The van der Waals surface area contributed by atoms with E-state index in [0.29, 0.717) is 18.9 Å². The molecule has 10 heteroatoms. The molecule has 5 nitrogen and oxygen atoms in total. The summed E-state index contributed by atoms with van der Waals surface area (Å²) in [6, 6.07) is 3.33. The van der Waals surface area contributed by atoms with Gasteiger partial charge in [0, 0.05) is 6.54 Å². The lowest BCUT2D eigenvalue weighted by atomic mass is 10.1. The minimum absolute atomic E-state index is 0.0478. The molecule has 0 amide bonds. The number of carbonyl (C=O) groups is 1.